The predicted molar refractivity (Wildman–Crippen MR) is 65.8 cm³/mol. The van der Waals surface area contributed by atoms with Crippen LogP contribution in [0.25, 0.3) is 0 Å². The van der Waals surface area contributed by atoms with Crippen LogP contribution in [-0.2, 0) is 6.42 Å². The maximum absolute atomic E-state index is 9.38. The van der Waals surface area contributed by atoms with Crippen molar-refractivity contribution >= 4 is 27.3 Å². The van der Waals surface area contributed by atoms with Crippen molar-refractivity contribution in [3.8, 4) is 0 Å². The lowest BCUT2D eigenvalue weighted by Gasteiger charge is -2.26. The van der Waals surface area contributed by atoms with Crippen LogP contribution in [0.3, 0.4) is 0 Å². The normalized spacial score (nSPS) is 15.4. The first-order valence-electron chi connectivity index (χ1n) is 4.93. The van der Waals surface area contributed by atoms with E-state index < -0.39 is 0 Å². The van der Waals surface area contributed by atoms with Gasteiger partial charge in [0.2, 0.25) is 0 Å². The number of aliphatic hydroxyl groups is 1. The Hall–Kier alpha value is 0.140. The summed E-state index contributed by atoms with van der Waals surface area (Å²) in [5.41, 5.74) is 0.0546. The predicted octanol–water partition coefficient (Wildman–Crippen LogP) is 3.85. The highest BCUT2D eigenvalue weighted by atomic mass is 79.9. The third-order valence-corrected chi connectivity index (χ3v) is 4.16. The van der Waals surface area contributed by atoms with E-state index in [2.05, 4.69) is 41.2 Å². The molecule has 0 aliphatic rings. The minimum atomic E-state index is 0.0546. The van der Waals surface area contributed by atoms with Crippen molar-refractivity contribution < 1.29 is 5.11 Å². The second-order valence-electron chi connectivity index (χ2n) is 4.13. The molecule has 1 aromatic rings. The van der Waals surface area contributed by atoms with Gasteiger partial charge in [0.1, 0.15) is 0 Å². The average Bonchev–Trinajstić information content (AvgIpc) is 2.51. The molecule has 1 nitrogen and oxygen atoms in total. The number of halogens is 1. The van der Waals surface area contributed by atoms with E-state index in [-0.39, 0.29) is 12.0 Å². The van der Waals surface area contributed by atoms with Crippen molar-refractivity contribution in [2.75, 3.05) is 6.61 Å². The number of aliphatic hydroxyl groups excluding tert-OH is 1. The molecule has 0 aliphatic heterocycles. The summed E-state index contributed by atoms with van der Waals surface area (Å²) >= 11 is 5.21. The highest BCUT2D eigenvalue weighted by molar-refractivity contribution is 9.10. The van der Waals surface area contributed by atoms with Gasteiger partial charge in [-0.15, -0.1) is 11.3 Å². The van der Waals surface area contributed by atoms with E-state index in [0.29, 0.717) is 0 Å². The molecule has 14 heavy (non-hydrogen) atoms. The van der Waals surface area contributed by atoms with Crippen LogP contribution >= 0.6 is 27.3 Å². The van der Waals surface area contributed by atoms with Crippen molar-refractivity contribution in [1.29, 1.82) is 0 Å². The topological polar surface area (TPSA) is 20.2 Å². The van der Waals surface area contributed by atoms with E-state index in [4.69, 9.17) is 0 Å². The highest BCUT2D eigenvalue weighted by Gasteiger charge is 2.23. The second kappa shape index (κ2) is 5.29. The van der Waals surface area contributed by atoms with E-state index >= 15 is 0 Å². The van der Waals surface area contributed by atoms with Crippen molar-refractivity contribution in [3.05, 3.63) is 20.8 Å². The SMILES string of the molecule is CCCC(C)(CO)Cc1cc(Br)cs1. The quantitative estimate of drug-likeness (QED) is 0.866. The molecule has 0 aliphatic carbocycles. The third-order valence-electron chi connectivity index (χ3n) is 2.46. The van der Waals surface area contributed by atoms with Crippen LogP contribution in [0.2, 0.25) is 0 Å². The molecule has 0 saturated heterocycles. The maximum Gasteiger partial charge on any atom is 0.0488 e. The van der Waals surface area contributed by atoms with Gasteiger partial charge in [-0.2, -0.15) is 0 Å². The summed E-state index contributed by atoms with van der Waals surface area (Å²) in [7, 11) is 0. The fraction of sp³-hybridized carbons (Fsp3) is 0.636. The Labute approximate surface area is 98.3 Å². The van der Waals surface area contributed by atoms with E-state index in [1.807, 2.05) is 0 Å². The minimum absolute atomic E-state index is 0.0546. The lowest BCUT2D eigenvalue weighted by molar-refractivity contribution is 0.132. The van der Waals surface area contributed by atoms with Gasteiger partial charge in [-0.3, -0.25) is 0 Å². The smallest absolute Gasteiger partial charge is 0.0488 e. The van der Waals surface area contributed by atoms with Crippen LogP contribution in [-0.4, -0.2) is 11.7 Å². The molecule has 3 heteroatoms. The standard InChI is InChI=1S/C11H17BrOS/c1-3-4-11(2,8-13)6-10-5-9(12)7-14-10/h5,7,13H,3-4,6,8H2,1-2H3. The first-order chi connectivity index (χ1) is 6.59. The van der Waals surface area contributed by atoms with Crippen molar-refractivity contribution in [1.82, 2.24) is 0 Å². The van der Waals surface area contributed by atoms with Crippen molar-refractivity contribution in [3.63, 3.8) is 0 Å². The van der Waals surface area contributed by atoms with Gasteiger partial charge in [0.25, 0.3) is 0 Å². The molecular formula is C11H17BrOS. The minimum Gasteiger partial charge on any atom is -0.396 e. The van der Waals surface area contributed by atoms with Gasteiger partial charge in [0.15, 0.2) is 0 Å². The Kier molecular flexibility index (Phi) is 4.61. The largest absolute Gasteiger partial charge is 0.396 e. The monoisotopic (exact) mass is 276 g/mol. The fourth-order valence-electron chi connectivity index (χ4n) is 1.69. The zero-order valence-corrected chi connectivity index (χ0v) is 11.1. The molecule has 1 aromatic heterocycles. The molecule has 0 fully saturated rings. The van der Waals surface area contributed by atoms with Crippen LogP contribution in [0.4, 0.5) is 0 Å². The molecule has 1 rings (SSSR count). The summed E-state index contributed by atoms with van der Waals surface area (Å²) < 4.78 is 1.15. The number of hydrogen-bond donors (Lipinski definition) is 1. The second-order valence-corrected chi connectivity index (χ2v) is 6.04. The highest BCUT2D eigenvalue weighted by Crippen LogP contribution is 2.31. The summed E-state index contributed by atoms with van der Waals surface area (Å²) in [4.78, 5) is 1.35. The Balaban J connectivity index is 2.64. The lowest BCUT2D eigenvalue weighted by Crippen LogP contribution is -2.23. The molecule has 0 radical (unpaired) electrons. The molecule has 80 valence electrons. The van der Waals surface area contributed by atoms with Crippen LogP contribution in [0.1, 0.15) is 31.6 Å². The lowest BCUT2D eigenvalue weighted by atomic mass is 9.83. The molecule has 1 N–H and O–H groups in total. The molecule has 1 atom stereocenters. The van der Waals surface area contributed by atoms with Crippen LogP contribution in [0, 0.1) is 5.41 Å². The molecular weight excluding hydrogens is 260 g/mol. The molecule has 0 bridgehead atoms. The summed E-state index contributed by atoms with van der Waals surface area (Å²) in [6.45, 7) is 4.60. The first kappa shape index (κ1) is 12.2. The zero-order chi connectivity index (χ0) is 10.6. The third kappa shape index (κ3) is 3.37. The van der Waals surface area contributed by atoms with Gasteiger partial charge < -0.3 is 5.11 Å². The van der Waals surface area contributed by atoms with E-state index in [0.717, 1.165) is 23.7 Å². The van der Waals surface area contributed by atoms with Crippen LogP contribution in [0.15, 0.2) is 15.9 Å². The van der Waals surface area contributed by atoms with Gasteiger partial charge in [-0.25, -0.2) is 0 Å². The molecule has 1 unspecified atom stereocenters. The first-order valence-corrected chi connectivity index (χ1v) is 6.61. The molecule has 0 amide bonds. The molecule has 0 aromatic carbocycles. The molecule has 1 heterocycles. The molecule has 0 spiro atoms. The van der Waals surface area contributed by atoms with Gasteiger partial charge in [0.05, 0.1) is 0 Å². The Morgan fingerprint density at radius 3 is 2.71 bits per heavy atom. The fourth-order valence-corrected chi connectivity index (χ4v) is 3.36. The van der Waals surface area contributed by atoms with Crippen molar-refractivity contribution in [2.24, 2.45) is 5.41 Å². The number of rotatable bonds is 5. The Morgan fingerprint density at radius 1 is 1.57 bits per heavy atom. The van der Waals surface area contributed by atoms with Gasteiger partial charge >= 0.3 is 0 Å². The zero-order valence-electron chi connectivity index (χ0n) is 8.72. The van der Waals surface area contributed by atoms with Crippen LogP contribution < -0.4 is 0 Å². The molecule has 0 saturated carbocycles. The number of thiophene rings is 1. The summed E-state index contributed by atoms with van der Waals surface area (Å²) in [5.74, 6) is 0. The Morgan fingerprint density at radius 2 is 2.29 bits per heavy atom. The van der Waals surface area contributed by atoms with Crippen LogP contribution in [0.5, 0.6) is 0 Å². The number of hydrogen-bond acceptors (Lipinski definition) is 2. The average molecular weight is 277 g/mol. The van der Waals surface area contributed by atoms with E-state index in [1.165, 1.54) is 4.88 Å². The maximum atomic E-state index is 9.38. The summed E-state index contributed by atoms with van der Waals surface area (Å²) in [6, 6.07) is 2.15. The van der Waals surface area contributed by atoms with Gasteiger partial charge in [0, 0.05) is 21.3 Å². The van der Waals surface area contributed by atoms with Gasteiger partial charge in [-0.05, 0) is 40.3 Å². The summed E-state index contributed by atoms with van der Waals surface area (Å²) in [5, 5.41) is 11.5. The van der Waals surface area contributed by atoms with Crippen molar-refractivity contribution in [2.45, 2.75) is 33.1 Å². The van der Waals surface area contributed by atoms with E-state index in [1.54, 1.807) is 11.3 Å². The van der Waals surface area contributed by atoms with E-state index in [9.17, 15) is 5.11 Å². The van der Waals surface area contributed by atoms with Gasteiger partial charge in [-0.1, -0.05) is 20.3 Å². The summed E-state index contributed by atoms with van der Waals surface area (Å²) in [6.07, 6.45) is 3.19. The Bertz CT molecular complexity index is 285.